The van der Waals surface area contributed by atoms with Gasteiger partial charge in [0.1, 0.15) is 24.2 Å². The molecule has 6 atom stereocenters. The lowest BCUT2D eigenvalue weighted by Gasteiger charge is -2.38. The molecule has 0 radical (unpaired) electrons. The summed E-state index contributed by atoms with van der Waals surface area (Å²) in [5, 5.41) is 8.42. The summed E-state index contributed by atoms with van der Waals surface area (Å²) < 4.78 is 6.00. The number of rotatable bonds is 13. The highest BCUT2D eigenvalue weighted by Crippen LogP contribution is 2.65. The van der Waals surface area contributed by atoms with Crippen molar-refractivity contribution in [2.45, 2.75) is 131 Å². The third-order valence-corrected chi connectivity index (χ3v) is 11.1. The number of urea groups is 1. The Morgan fingerprint density at radius 2 is 1.36 bits per heavy atom. The van der Waals surface area contributed by atoms with Gasteiger partial charge >= 0.3 is 12.0 Å². The Bertz CT molecular complexity index is 1290. The van der Waals surface area contributed by atoms with Crippen molar-refractivity contribution in [2.24, 2.45) is 51.6 Å². The van der Waals surface area contributed by atoms with Crippen molar-refractivity contribution in [3.05, 3.63) is 0 Å². The van der Waals surface area contributed by atoms with E-state index >= 15 is 0 Å². The molecular formula is C35H55N5O7. The number of likely N-dealkylation sites (tertiary alicyclic amines) is 1. The summed E-state index contributed by atoms with van der Waals surface area (Å²) in [5.41, 5.74) is 3.70. The molecule has 5 aliphatic rings. The van der Waals surface area contributed by atoms with Crippen molar-refractivity contribution in [3.63, 3.8) is 0 Å². The molecule has 0 bridgehead atoms. The number of ether oxygens (including phenoxy) is 1. The van der Waals surface area contributed by atoms with Crippen LogP contribution in [0.3, 0.4) is 0 Å². The highest BCUT2D eigenvalue weighted by atomic mass is 16.5. The van der Waals surface area contributed by atoms with Crippen LogP contribution in [0.4, 0.5) is 4.79 Å². The molecule has 1 heterocycles. The molecule has 5 fully saturated rings. The number of fused-ring (bicyclic) bond motifs is 1. The van der Waals surface area contributed by atoms with Crippen molar-refractivity contribution in [3.8, 4) is 0 Å². The largest absolute Gasteiger partial charge is 0.460 e. The number of carbonyl (C=O) groups excluding carboxylic acids is 6. The van der Waals surface area contributed by atoms with Gasteiger partial charge in [-0.2, -0.15) is 0 Å². The molecule has 47 heavy (non-hydrogen) atoms. The Balaban J connectivity index is 1.30. The third-order valence-electron chi connectivity index (χ3n) is 11.1. The van der Waals surface area contributed by atoms with Crippen LogP contribution < -0.4 is 21.7 Å². The molecule has 1 saturated heterocycles. The van der Waals surface area contributed by atoms with Gasteiger partial charge in [0.25, 0.3) is 5.91 Å². The van der Waals surface area contributed by atoms with Crippen LogP contribution in [0.5, 0.6) is 0 Å². The van der Waals surface area contributed by atoms with E-state index in [1.54, 1.807) is 0 Å². The standard InChI is InChI=1S/C35H55N5O7/c1-33(2,3)26(38-32(46)39-27(34(4,5)6)31(45)47-25(18-11-12-18)19-13-14-19)30(44)40-16-20-22(35(20,7)8)23(40)29(43)37-21(15-17-9-10-17)24(41)28(36)42/h17-23,25-27H,9-16H2,1-8H3,(H2,36,42)(H,37,43)(H2,38,39,46)/t20?,21?,22-,23-,26+,27+/m0/s1. The maximum Gasteiger partial charge on any atom is 0.329 e. The second-order valence-electron chi connectivity index (χ2n) is 17.7. The van der Waals surface area contributed by atoms with Gasteiger partial charge in [-0.25, -0.2) is 9.59 Å². The Kier molecular flexibility index (Phi) is 9.24. The average Bonchev–Trinajstić information content (AvgIpc) is 3.75. The number of hydrogen-bond acceptors (Lipinski definition) is 7. The topological polar surface area (TPSA) is 177 Å². The number of nitrogens with zero attached hydrogens (tertiary/aromatic N) is 1. The molecule has 0 spiro atoms. The van der Waals surface area contributed by atoms with Crippen LogP contribution in [0.2, 0.25) is 0 Å². The number of hydrogen-bond donors (Lipinski definition) is 4. The number of esters is 1. The summed E-state index contributed by atoms with van der Waals surface area (Å²) in [6.45, 7) is 15.5. The molecular weight excluding hydrogens is 602 g/mol. The highest BCUT2D eigenvalue weighted by molar-refractivity contribution is 6.37. The summed E-state index contributed by atoms with van der Waals surface area (Å²) in [7, 11) is 0. The van der Waals surface area contributed by atoms with E-state index in [9.17, 15) is 28.8 Å². The Morgan fingerprint density at radius 3 is 1.83 bits per heavy atom. The SMILES string of the molecule is CC(C)(C)[C@H](NC(=O)N[C@H](C(=O)N1CC2[C@@H]([C@H]1C(=O)NC(CC1CC1)C(=O)C(N)=O)C2(C)C)C(C)(C)C)C(=O)OC(C1CC1)C1CC1. The monoisotopic (exact) mass is 657 g/mol. The fourth-order valence-electron chi connectivity index (χ4n) is 7.54. The van der Waals surface area contributed by atoms with Gasteiger partial charge in [-0.15, -0.1) is 0 Å². The van der Waals surface area contributed by atoms with Crippen LogP contribution in [-0.2, 0) is 28.7 Å². The van der Waals surface area contributed by atoms with E-state index < -0.39 is 70.5 Å². The van der Waals surface area contributed by atoms with Gasteiger partial charge in [0, 0.05) is 6.54 Å². The van der Waals surface area contributed by atoms with Crippen molar-refractivity contribution < 1.29 is 33.5 Å². The molecule has 0 aromatic carbocycles. The van der Waals surface area contributed by atoms with E-state index in [-0.39, 0.29) is 29.3 Å². The summed E-state index contributed by atoms with van der Waals surface area (Å²) in [6, 6.07) is -4.56. The number of Topliss-reactive ketones (excluding diaryl/α,β-unsaturated/α-hetero) is 1. The number of primary amides is 1. The van der Waals surface area contributed by atoms with E-state index in [2.05, 4.69) is 29.8 Å². The average molecular weight is 658 g/mol. The lowest BCUT2D eigenvalue weighted by Crippen LogP contribution is -2.62. The van der Waals surface area contributed by atoms with Crippen molar-refractivity contribution in [2.75, 3.05) is 6.54 Å². The van der Waals surface area contributed by atoms with E-state index in [0.717, 1.165) is 38.5 Å². The van der Waals surface area contributed by atoms with Gasteiger partial charge in [-0.05, 0) is 77.9 Å². The van der Waals surface area contributed by atoms with E-state index in [1.165, 1.54) is 4.90 Å². The van der Waals surface area contributed by atoms with Gasteiger partial charge < -0.3 is 31.3 Å². The molecule has 12 nitrogen and oxygen atoms in total. The highest BCUT2D eigenvalue weighted by Gasteiger charge is 2.70. The first-order chi connectivity index (χ1) is 21.7. The minimum Gasteiger partial charge on any atom is -0.460 e. The van der Waals surface area contributed by atoms with Crippen LogP contribution in [0.25, 0.3) is 0 Å². The quantitative estimate of drug-likeness (QED) is 0.174. The maximum absolute atomic E-state index is 14.3. The fraction of sp³-hybridized carbons (Fsp3) is 0.829. The third kappa shape index (κ3) is 7.77. The Morgan fingerprint density at radius 1 is 0.830 bits per heavy atom. The summed E-state index contributed by atoms with van der Waals surface area (Å²) >= 11 is 0. The van der Waals surface area contributed by atoms with E-state index in [1.807, 2.05) is 41.5 Å². The fourth-order valence-corrected chi connectivity index (χ4v) is 7.54. The molecule has 12 heteroatoms. The smallest absolute Gasteiger partial charge is 0.329 e. The summed E-state index contributed by atoms with van der Waals surface area (Å²) in [4.78, 5) is 81.2. The number of nitrogens with one attached hydrogen (secondary N) is 3. The number of piperidine rings is 1. The minimum atomic E-state index is -1.10. The van der Waals surface area contributed by atoms with Crippen molar-refractivity contribution in [1.29, 1.82) is 0 Å². The summed E-state index contributed by atoms with van der Waals surface area (Å²) in [5.74, 6) is -2.38. The van der Waals surface area contributed by atoms with Crippen molar-refractivity contribution in [1.82, 2.24) is 20.9 Å². The Hall–Kier alpha value is -3.18. The van der Waals surface area contributed by atoms with Crippen LogP contribution in [0, 0.1) is 45.8 Å². The van der Waals surface area contributed by atoms with Crippen LogP contribution in [-0.4, -0.2) is 77.2 Å². The minimum absolute atomic E-state index is 0.0660. The van der Waals surface area contributed by atoms with E-state index in [4.69, 9.17) is 10.5 Å². The normalized spacial score (nSPS) is 26.8. The number of nitrogens with two attached hydrogens (primary N) is 1. The molecule has 4 saturated carbocycles. The van der Waals surface area contributed by atoms with Gasteiger partial charge in [0.05, 0.1) is 6.04 Å². The zero-order valence-electron chi connectivity index (χ0n) is 29.3. The number of carbonyl (C=O) groups is 6. The van der Waals surface area contributed by atoms with Crippen LogP contribution in [0.1, 0.15) is 100 Å². The predicted octanol–water partition coefficient (Wildman–Crippen LogP) is 2.67. The lowest BCUT2D eigenvalue weighted by atomic mass is 9.85. The van der Waals surface area contributed by atoms with Gasteiger partial charge in [-0.3, -0.25) is 19.2 Å². The van der Waals surface area contributed by atoms with E-state index in [0.29, 0.717) is 24.8 Å². The Labute approximate surface area is 278 Å². The molecule has 4 aliphatic carbocycles. The molecule has 262 valence electrons. The molecule has 5 amide bonds. The molecule has 0 aromatic rings. The van der Waals surface area contributed by atoms with Crippen molar-refractivity contribution >= 4 is 35.5 Å². The van der Waals surface area contributed by atoms with Gasteiger partial charge in [0.15, 0.2) is 0 Å². The molecule has 5 rings (SSSR count). The predicted molar refractivity (Wildman–Crippen MR) is 173 cm³/mol. The van der Waals surface area contributed by atoms with Gasteiger partial charge in [0.2, 0.25) is 17.6 Å². The maximum atomic E-state index is 14.3. The molecule has 5 N–H and O–H groups in total. The zero-order valence-corrected chi connectivity index (χ0v) is 29.3. The summed E-state index contributed by atoms with van der Waals surface area (Å²) in [6.07, 6.45) is 6.25. The molecule has 0 aromatic heterocycles. The zero-order chi connectivity index (χ0) is 34.8. The second kappa shape index (κ2) is 12.4. The molecule has 2 unspecified atom stereocenters. The lowest BCUT2D eigenvalue weighted by molar-refractivity contribution is -0.156. The van der Waals surface area contributed by atoms with Crippen LogP contribution in [0.15, 0.2) is 0 Å². The number of ketones is 1. The first kappa shape index (κ1) is 35.1. The first-order valence-electron chi connectivity index (χ1n) is 17.4. The first-order valence-corrected chi connectivity index (χ1v) is 17.4. The van der Waals surface area contributed by atoms with Crippen LogP contribution >= 0.6 is 0 Å². The number of amides is 5. The molecule has 1 aliphatic heterocycles. The van der Waals surface area contributed by atoms with Gasteiger partial charge in [-0.1, -0.05) is 68.2 Å². The second-order valence-corrected chi connectivity index (χ2v) is 17.7.